The van der Waals surface area contributed by atoms with Gasteiger partial charge in [0, 0.05) is 45.0 Å². The number of morpholine rings is 1. The van der Waals surface area contributed by atoms with Crippen molar-refractivity contribution in [2.24, 2.45) is 0 Å². The Balaban J connectivity index is 1.89. The molecule has 3 rings (SSSR count). The molecule has 0 atom stereocenters. The van der Waals surface area contributed by atoms with Crippen molar-refractivity contribution in [3.8, 4) is 5.88 Å². The highest BCUT2D eigenvalue weighted by Crippen LogP contribution is 2.28. The molecule has 2 aromatic rings. The minimum absolute atomic E-state index is 0.0818. The molecule has 10 nitrogen and oxygen atoms in total. The van der Waals surface area contributed by atoms with E-state index in [4.69, 9.17) is 14.2 Å². The predicted octanol–water partition coefficient (Wildman–Crippen LogP) is 2.23. The summed E-state index contributed by atoms with van der Waals surface area (Å²) in [5, 5.41) is 2.82. The summed E-state index contributed by atoms with van der Waals surface area (Å²) in [5.74, 6) is -0.00990. The van der Waals surface area contributed by atoms with Crippen LogP contribution in [0.25, 0.3) is 0 Å². The lowest BCUT2D eigenvalue weighted by molar-refractivity contribution is 0.102. The smallest absolute Gasteiger partial charge is 0.257 e. The number of aromatic nitrogens is 1. The van der Waals surface area contributed by atoms with Crippen LogP contribution in [0.1, 0.15) is 24.2 Å². The topological polar surface area (TPSA) is 110 Å². The van der Waals surface area contributed by atoms with Crippen molar-refractivity contribution >= 4 is 27.3 Å². The minimum atomic E-state index is -3.72. The van der Waals surface area contributed by atoms with E-state index in [0.717, 1.165) is 0 Å². The average Bonchev–Trinajstić information content (AvgIpc) is 2.86. The number of carbonyl (C=O) groups excluding carboxylic acids is 1. The van der Waals surface area contributed by atoms with Crippen LogP contribution in [0.3, 0.4) is 0 Å². The van der Waals surface area contributed by atoms with Crippen LogP contribution in [-0.2, 0) is 19.5 Å². The molecule has 1 N–H and O–H groups in total. The summed E-state index contributed by atoms with van der Waals surface area (Å²) >= 11 is 0. The van der Waals surface area contributed by atoms with Crippen LogP contribution < -0.4 is 15.0 Å². The van der Waals surface area contributed by atoms with Gasteiger partial charge in [-0.2, -0.15) is 4.31 Å². The molecule has 0 unspecified atom stereocenters. The van der Waals surface area contributed by atoms with Crippen LogP contribution in [0, 0.1) is 0 Å². The van der Waals surface area contributed by atoms with E-state index in [0.29, 0.717) is 69.9 Å². The average molecular weight is 493 g/mol. The van der Waals surface area contributed by atoms with Crippen LogP contribution in [0.4, 0.5) is 11.4 Å². The molecule has 1 aromatic heterocycles. The molecule has 2 heterocycles. The maximum atomic E-state index is 13.3. The highest BCUT2D eigenvalue weighted by molar-refractivity contribution is 7.89. The molecule has 1 fully saturated rings. The zero-order valence-corrected chi connectivity index (χ0v) is 20.6. The van der Waals surface area contributed by atoms with E-state index in [1.54, 1.807) is 45.2 Å². The third-order valence-electron chi connectivity index (χ3n) is 5.44. The van der Waals surface area contributed by atoms with Gasteiger partial charge in [0.1, 0.15) is 6.61 Å². The fourth-order valence-corrected chi connectivity index (χ4v) is 5.10. The molecule has 0 aliphatic carbocycles. The summed E-state index contributed by atoms with van der Waals surface area (Å²) in [7, 11) is -2.14. The van der Waals surface area contributed by atoms with E-state index < -0.39 is 15.9 Å². The standard InChI is InChI=1S/C23H32N4O6S/c1-4-27(5-2)34(29,30)19-7-8-21(26-10-12-32-13-11-26)20(16-19)23(28)25-18-6-9-22(24-17-18)33-15-14-31-3/h6-9,16-17H,4-5,10-15H2,1-3H3,(H,25,28). The number of pyridine rings is 1. The Bertz CT molecular complexity index is 1050. The number of sulfonamides is 1. The van der Waals surface area contributed by atoms with Crippen LogP contribution in [0.2, 0.25) is 0 Å². The lowest BCUT2D eigenvalue weighted by Crippen LogP contribution is -2.37. The van der Waals surface area contributed by atoms with Crippen molar-refractivity contribution in [3.05, 3.63) is 42.1 Å². The molecule has 0 bridgehead atoms. The quantitative estimate of drug-likeness (QED) is 0.476. The van der Waals surface area contributed by atoms with Crippen LogP contribution in [0.5, 0.6) is 5.88 Å². The second-order valence-corrected chi connectivity index (χ2v) is 9.49. The van der Waals surface area contributed by atoms with Gasteiger partial charge in [-0.3, -0.25) is 4.79 Å². The van der Waals surface area contributed by atoms with Crippen LogP contribution in [-0.4, -0.2) is 83.3 Å². The second kappa shape index (κ2) is 12.1. The molecular formula is C23H32N4O6S. The maximum absolute atomic E-state index is 13.3. The van der Waals surface area contributed by atoms with Gasteiger partial charge in [0.25, 0.3) is 5.91 Å². The lowest BCUT2D eigenvalue weighted by atomic mass is 10.1. The zero-order chi connectivity index (χ0) is 24.6. The molecule has 1 amide bonds. The summed E-state index contributed by atoms with van der Waals surface area (Å²) in [4.78, 5) is 19.6. The molecule has 1 aliphatic heterocycles. The summed E-state index contributed by atoms with van der Waals surface area (Å²) in [6, 6.07) is 8.03. The number of methoxy groups -OCH3 is 1. The molecule has 0 radical (unpaired) electrons. The SMILES string of the molecule is CCN(CC)S(=O)(=O)c1ccc(N2CCOCC2)c(C(=O)Nc2ccc(OCCOC)nc2)c1. The normalized spacial score (nSPS) is 14.3. The van der Waals surface area contributed by atoms with E-state index in [1.165, 1.54) is 16.6 Å². The van der Waals surface area contributed by atoms with E-state index in [2.05, 4.69) is 10.3 Å². The fraction of sp³-hybridized carbons (Fsp3) is 0.478. The molecule has 0 spiro atoms. The molecule has 1 saturated heterocycles. The Morgan fingerprint density at radius 1 is 1.15 bits per heavy atom. The largest absolute Gasteiger partial charge is 0.475 e. The number of rotatable bonds is 11. The first-order valence-corrected chi connectivity index (χ1v) is 12.7. The van der Waals surface area contributed by atoms with Crippen molar-refractivity contribution in [1.29, 1.82) is 0 Å². The van der Waals surface area contributed by atoms with Gasteiger partial charge in [0.05, 0.1) is 42.2 Å². The molecule has 34 heavy (non-hydrogen) atoms. The Hall–Kier alpha value is -2.73. The fourth-order valence-electron chi connectivity index (χ4n) is 3.62. The van der Waals surface area contributed by atoms with Gasteiger partial charge in [-0.05, 0) is 24.3 Å². The molecule has 1 aliphatic rings. The molecule has 186 valence electrons. The van der Waals surface area contributed by atoms with Gasteiger partial charge in [-0.15, -0.1) is 0 Å². The van der Waals surface area contributed by atoms with Gasteiger partial charge in [-0.1, -0.05) is 13.8 Å². The number of nitrogens with zero attached hydrogens (tertiary/aromatic N) is 3. The second-order valence-electron chi connectivity index (χ2n) is 7.55. The Kier molecular flexibility index (Phi) is 9.22. The first kappa shape index (κ1) is 25.9. The number of hydrogen-bond donors (Lipinski definition) is 1. The molecular weight excluding hydrogens is 460 g/mol. The summed E-state index contributed by atoms with van der Waals surface area (Å²) < 4.78 is 43.4. The first-order chi connectivity index (χ1) is 16.4. The monoisotopic (exact) mass is 492 g/mol. The minimum Gasteiger partial charge on any atom is -0.475 e. The van der Waals surface area contributed by atoms with Crippen molar-refractivity contribution < 1.29 is 27.4 Å². The Morgan fingerprint density at radius 3 is 2.50 bits per heavy atom. The third kappa shape index (κ3) is 6.23. The predicted molar refractivity (Wildman–Crippen MR) is 129 cm³/mol. The van der Waals surface area contributed by atoms with Crippen LogP contribution >= 0.6 is 0 Å². The summed E-state index contributed by atoms with van der Waals surface area (Å²) in [6.07, 6.45) is 1.49. The van der Waals surface area contributed by atoms with Gasteiger partial charge in [-0.25, -0.2) is 13.4 Å². The highest BCUT2D eigenvalue weighted by Gasteiger charge is 2.26. The number of nitrogens with one attached hydrogen (secondary N) is 1. The maximum Gasteiger partial charge on any atom is 0.257 e. The Morgan fingerprint density at radius 2 is 1.88 bits per heavy atom. The van der Waals surface area contributed by atoms with E-state index >= 15 is 0 Å². The van der Waals surface area contributed by atoms with Crippen molar-refractivity contribution in [2.45, 2.75) is 18.7 Å². The van der Waals surface area contributed by atoms with Crippen molar-refractivity contribution in [2.75, 3.05) is 69.9 Å². The highest BCUT2D eigenvalue weighted by atomic mass is 32.2. The number of anilines is 2. The number of hydrogen-bond acceptors (Lipinski definition) is 8. The number of benzene rings is 1. The number of ether oxygens (including phenoxy) is 3. The summed E-state index contributed by atoms with van der Waals surface area (Å²) in [6.45, 7) is 7.35. The third-order valence-corrected chi connectivity index (χ3v) is 7.49. The molecule has 0 saturated carbocycles. The number of amides is 1. The first-order valence-electron chi connectivity index (χ1n) is 11.3. The van der Waals surface area contributed by atoms with E-state index in [1.807, 2.05) is 4.90 Å². The van der Waals surface area contributed by atoms with Gasteiger partial charge < -0.3 is 24.4 Å². The van der Waals surface area contributed by atoms with Gasteiger partial charge in [0.2, 0.25) is 15.9 Å². The van der Waals surface area contributed by atoms with Crippen molar-refractivity contribution in [1.82, 2.24) is 9.29 Å². The zero-order valence-electron chi connectivity index (χ0n) is 19.8. The van der Waals surface area contributed by atoms with E-state index in [9.17, 15) is 13.2 Å². The van der Waals surface area contributed by atoms with Gasteiger partial charge >= 0.3 is 0 Å². The van der Waals surface area contributed by atoms with Crippen molar-refractivity contribution in [3.63, 3.8) is 0 Å². The number of carbonyl (C=O) groups is 1. The molecule has 1 aromatic carbocycles. The van der Waals surface area contributed by atoms with Gasteiger partial charge in [0.15, 0.2) is 0 Å². The van der Waals surface area contributed by atoms with E-state index in [-0.39, 0.29) is 10.5 Å². The molecule has 11 heteroatoms. The Labute approximate surface area is 200 Å². The lowest BCUT2D eigenvalue weighted by Gasteiger charge is -2.30. The van der Waals surface area contributed by atoms with Crippen LogP contribution in [0.15, 0.2) is 41.4 Å². The summed E-state index contributed by atoms with van der Waals surface area (Å²) in [5.41, 5.74) is 1.40.